The van der Waals surface area contributed by atoms with Crippen molar-refractivity contribution < 1.29 is 8.42 Å². The summed E-state index contributed by atoms with van der Waals surface area (Å²) in [6.45, 7) is 5.24. The number of nitrogens with zero attached hydrogens (tertiary/aromatic N) is 1. The van der Waals surface area contributed by atoms with E-state index < -0.39 is 10.0 Å². The third kappa shape index (κ3) is 2.59. The summed E-state index contributed by atoms with van der Waals surface area (Å²) in [5.74, 6) is 0. The van der Waals surface area contributed by atoms with Crippen LogP contribution in [-0.4, -0.2) is 25.8 Å². The number of piperidine rings is 1. The van der Waals surface area contributed by atoms with Crippen LogP contribution in [0, 0.1) is 6.92 Å². The molecule has 0 spiro atoms. The standard InChI is InChI=1S/C14H21NO2S/c1-3-13-8-7-12(2)14(11-13)18(16,17)15-9-5-4-6-10-15/h7-8,11H,3-6,9-10H2,1-2H3. The molecule has 0 bridgehead atoms. The minimum atomic E-state index is -3.29. The first-order valence-corrected chi connectivity index (χ1v) is 8.09. The molecule has 1 fully saturated rings. The second-order valence-corrected chi connectivity index (χ2v) is 6.82. The normalized spacial score (nSPS) is 17.9. The van der Waals surface area contributed by atoms with Gasteiger partial charge in [-0.1, -0.05) is 25.5 Å². The lowest BCUT2D eigenvalue weighted by Gasteiger charge is -2.26. The molecule has 1 aliphatic rings. The van der Waals surface area contributed by atoms with Crippen LogP contribution in [0.4, 0.5) is 0 Å². The molecule has 4 heteroatoms. The van der Waals surface area contributed by atoms with Crippen LogP contribution in [0.3, 0.4) is 0 Å². The maximum Gasteiger partial charge on any atom is 0.243 e. The Morgan fingerprint density at radius 1 is 1.17 bits per heavy atom. The van der Waals surface area contributed by atoms with E-state index >= 15 is 0 Å². The molecule has 0 amide bonds. The average Bonchev–Trinajstić information content (AvgIpc) is 2.40. The summed E-state index contributed by atoms with van der Waals surface area (Å²) in [7, 11) is -3.29. The van der Waals surface area contributed by atoms with Crippen molar-refractivity contribution in [1.82, 2.24) is 4.31 Å². The molecule has 2 rings (SSSR count). The molecule has 0 aliphatic carbocycles. The van der Waals surface area contributed by atoms with E-state index in [4.69, 9.17) is 0 Å². The molecule has 1 saturated heterocycles. The van der Waals surface area contributed by atoms with Gasteiger partial charge >= 0.3 is 0 Å². The fraction of sp³-hybridized carbons (Fsp3) is 0.571. The Kier molecular flexibility index (Phi) is 4.07. The van der Waals surface area contributed by atoms with Gasteiger partial charge in [-0.2, -0.15) is 4.31 Å². The van der Waals surface area contributed by atoms with Crippen molar-refractivity contribution in [3.8, 4) is 0 Å². The van der Waals surface area contributed by atoms with Crippen LogP contribution in [0.15, 0.2) is 23.1 Å². The molecular weight excluding hydrogens is 246 g/mol. The van der Waals surface area contributed by atoms with Crippen LogP contribution in [0.25, 0.3) is 0 Å². The van der Waals surface area contributed by atoms with E-state index in [0.717, 1.165) is 36.8 Å². The third-order valence-electron chi connectivity index (χ3n) is 3.59. The van der Waals surface area contributed by atoms with Gasteiger partial charge in [0.15, 0.2) is 0 Å². The second kappa shape index (κ2) is 5.41. The summed E-state index contributed by atoms with van der Waals surface area (Å²) >= 11 is 0. The molecule has 0 atom stereocenters. The molecule has 0 N–H and O–H groups in total. The fourth-order valence-corrected chi connectivity index (χ4v) is 4.18. The summed E-state index contributed by atoms with van der Waals surface area (Å²) in [5, 5.41) is 0. The molecule has 18 heavy (non-hydrogen) atoms. The van der Waals surface area contributed by atoms with Crippen molar-refractivity contribution in [2.45, 2.75) is 44.4 Å². The predicted octanol–water partition coefficient (Wildman–Crippen LogP) is 2.73. The monoisotopic (exact) mass is 267 g/mol. The van der Waals surface area contributed by atoms with Crippen molar-refractivity contribution in [2.75, 3.05) is 13.1 Å². The van der Waals surface area contributed by atoms with E-state index in [0.29, 0.717) is 18.0 Å². The van der Waals surface area contributed by atoms with E-state index in [2.05, 4.69) is 0 Å². The number of sulfonamides is 1. The SMILES string of the molecule is CCc1ccc(C)c(S(=O)(=O)N2CCCCC2)c1. The van der Waals surface area contributed by atoms with Crippen LogP contribution >= 0.6 is 0 Å². The van der Waals surface area contributed by atoms with Gasteiger partial charge in [-0.3, -0.25) is 0 Å². The fourth-order valence-electron chi connectivity index (χ4n) is 2.39. The first kappa shape index (κ1) is 13.6. The lowest BCUT2D eigenvalue weighted by Crippen LogP contribution is -2.36. The summed E-state index contributed by atoms with van der Waals surface area (Å²) in [5.41, 5.74) is 1.92. The van der Waals surface area contributed by atoms with Gasteiger partial charge in [0.2, 0.25) is 10.0 Å². The van der Waals surface area contributed by atoms with E-state index in [9.17, 15) is 8.42 Å². The zero-order valence-corrected chi connectivity index (χ0v) is 12.0. The first-order valence-electron chi connectivity index (χ1n) is 6.65. The molecule has 0 radical (unpaired) electrons. The van der Waals surface area contributed by atoms with Gasteiger partial charge in [0.25, 0.3) is 0 Å². The highest BCUT2D eigenvalue weighted by Gasteiger charge is 2.27. The third-order valence-corrected chi connectivity index (χ3v) is 5.63. The van der Waals surface area contributed by atoms with Crippen LogP contribution in [0.2, 0.25) is 0 Å². The summed E-state index contributed by atoms with van der Waals surface area (Å²) in [4.78, 5) is 0.490. The van der Waals surface area contributed by atoms with E-state index in [1.807, 2.05) is 32.0 Å². The van der Waals surface area contributed by atoms with Gasteiger partial charge in [-0.25, -0.2) is 8.42 Å². The van der Waals surface area contributed by atoms with Crippen molar-refractivity contribution in [1.29, 1.82) is 0 Å². The Hall–Kier alpha value is -0.870. The van der Waals surface area contributed by atoms with Crippen LogP contribution < -0.4 is 0 Å². The largest absolute Gasteiger partial charge is 0.243 e. The van der Waals surface area contributed by atoms with Crippen LogP contribution in [-0.2, 0) is 16.4 Å². The van der Waals surface area contributed by atoms with Crippen LogP contribution in [0.5, 0.6) is 0 Å². The maximum absolute atomic E-state index is 12.6. The highest BCUT2D eigenvalue weighted by Crippen LogP contribution is 2.24. The predicted molar refractivity (Wildman–Crippen MR) is 73.2 cm³/mol. The Balaban J connectivity index is 2.39. The molecule has 3 nitrogen and oxygen atoms in total. The van der Waals surface area contributed by atoms with Gasteiger partial charge in [0, 0.05) is 13.1 Å². The zero-order valence-electron chi connectivity index (χ0n) is 11.1. The number of hydrogen-bond donors (Lipinski definition) is 0. The molecule has 1 heterocycles. The highest BCUT2D eigenvalue weighted by molar-refractivity contribution is 7.89. The zero-order chi connectivity index (χ0) is 13.2. The molecular formula is C14H21NO2S. The average molecular weight is 267 g/mol. The van der Waals surface area contributed by atoms with E-state index in [-0.39, 0.29) is 0 Å². The van der Waals surface area contributed by atoms with Gasteiger partial charge in [-0.05, 0) is 43.4 Å². The smallest absolute Gasteiger partial charge is 0.207 e. The second-order valence-electron chi connectivity index (χ2n) is 4.92. The number of aryl methyl sites for hydroxylation is 2. The molecule has 0 saturated carbocycles. The Labute approximate surface area is 110 Å². The van der Waals surface area contributed by atoms with Crippen molar-refractivity contribution >= 4 is 10.0 Å². The Bertz CT molecular complexity index is 517. The molecule has 0 unspecified atom stereocenters. The quantitative estimate of drug-likeness (QED) is 0.844. The molecule has 1 aliphatic heterocycles. The van der Waals surface area contributed by atoms with Crippen molar-refractivity contribution in [3.63, 3.8) is 0 Å². The Morgan fingerprint density at radius 3 is 2.44 bits per heavy atom. The molecule has 1 aromatic carbocycles. The Morgan fingerprint density at radius 2 is 1.83 bits per heavy atom. The highest BCUT2D eigenvalue weighted by atomic mass is 32.2. The maximum atomic E-state index is 12.6. The number of hydrogen-bond acceptors (Lipinski definition) is 2. The van der Waals surface area contributed by atoms with Gasteiger partial charge < -0.3 is 0 Å². The van der Waals surface area contributed by atoms with Crippen molar-refractivity contribution in [3.05, 3.63) is 29.3 Å². The molecule has 0 aromatic heterocycles. The van der Waals surface area contributed by atoms with Crippen molar-refractivity contribution in [2.24, 2.45) is 0 Å². The number of benzene rings is 1. The topological polar surface area (TPSA) is 37.4 Å². The van der Waals surface area contributed by atoms with E-state index in [1.165, 1.54) is 0 Å². The minimum Gasteiger partial charge on any atom is -0.207 e. The summed E-state index contributed by atoms with van der Waals surface area (Å²) in [6.07, 6.45) is 3.96. The van der Waals surface area contributed by atoms with Gasteiger partial charge in [0.05, 0.1) is 4.90 Å². The van der Waals surface area contributed by atoms with Gasteiger partial charge in [0.1, 0.15) is 0 Å². The lowest BCUT2D eigenvalue weighted by atomic mass is 10.1. The molecule has 100 valence electrons. The van der Waals surface area contributed by atoms with Crippen LogP contribution in [0.1, 0.15) is 37.3 Å². The first-order chi connectivity index (χ1) is 8.55. The van der Waals surface area contributed by atoms with E-state index in [1.54, 1.807) is 4.31 Å². The number of rotatable bonds is 3. The lowest BCUT2D eigenvalue weighted by molar-refractivity contribution is 0.346. The minimum absolute atomic E-state index is 0.490. The summed E-state index contributed by atoms with van der Waals surface area (Å²) < 4.78 is 26.8. The molecule has 1 aromatic rings. The summed E-state index contributed by atoms with van der Waals surface area (Å²) in [6, 6.07) is 5.75. The van der Waals surface area contributed by atoms with Gasteiger partial charge in [-0.15, -0.1) is 0 Å².